The molecule has 2 aromatic carbocycles. The molecule has 41 heavy (non-hydrogen) atoms. The Morgan fingerprint density at radius 2 is 1.85 bits per heavy atom. The zero-order valence-corrected chi connectivity index (χ0v) is 23.5. The van der Waals surface area contributed by atoms with Crippen LogP contribution in [-0.2, 0) is 4.79 Å². The van der Waals surface area contributed by atoms with Crippen molar-refractivity contribution in [2.75, 3.05) is 57.6 Å². The molecule has 0 spiro atoms. The number of hydrogen-bond donors (Lipinski definition) is 2. The number of halogens is 4. The van der Waals surface area contributed by atoms with Crippen LogP contribution in [-0.4, -0.2) is 68.3 Å². The summed E-state index contributed by atoms with van der Waals surface area (Å²) in [4.78, 5) is 20.2. The highest BCUT2D eigenvalue weighted by atomic mass is 19.1. The van der Waals surface area contributed by atoms with E-state index in [9.17, 15) is 23.1 Å². The van der Waals surface area contributed by atoms with Gasteiger partial charge in [-0.05, 0) is 62.4 Å². The van der Waals surface area contributed by atoms with Crippen LogP contribution in [0.1, 0.15) is 43.8 Å². The molecule has 2 N–H and O–H groups in total. The molecular formula is C30H36F4N4O3. The van der Waals surface area contributed by atoms with Gasteiger partial charge < -0.3 is 25.0 Å². The molecule has 0 amide bonds. The number of hydrogen-bond acceptors (Lipinski definition) is 6. The fraction of sp³-hybridized carbons (Fsp3) is 0.467. The number of alkyl halides is 1. The monoisotopic (exact) mass is 576 g/mol. The average molecular weight is 577 g/mol. The number of nitrogens with one attached hydrogen (secondary N) is 1. The fourth-order valence-electron chi connectivity index (χ4n) is 5.71. The van der Waals surface area contributed by atoms with E-state index in [0.29, 0.717) is 78.9 Å². The van der Waals surface area contributed by atoms with E-state index in [0.717, 1.165) is 0 Å². The fourth-order valence-corrected chi connectivity index (χ4v) is 5.71. The van der Waals surface area contributed by atoms with Crippen molar-refractivity contribution in [3.05, 3.63) is 59.5 Å². The van der Waals surface area contributed by atoms with Crippen LogP contribution in [0.5, 0.6) is 5.75 Å². The van der Waals surface area contributed by atoms with Crippen LogP contribution in [0.4, 0.5) is 28.9 Å². The van der Waals surface area contributed by atoms with Crippen LogP contribution < -0.4 is 15.0 Å². The first-order chi connectivity index (χ1) is 19.5. The molecule has 11 heteroatoms. The highest BCUT2D eigenvalue weighted by molar-refractivity contribution is 5.88. The zero-order chi connectivity index (χ0) is 29.7. The molecule has 0 unspecified atom stereocenters. The van der Waals surface area contributed by atoms with Gasteiger partial charge in [-0.3, -0.25) is 9.78 Å². The molecule has 7 nitrogen and oxygen atoms in total. The number of anilines is 2. The Bertz CT molecular complexity index is 1360. The SMILES string of the molecule is COc1ccc2ncc(N(C)C)c([C@@H](F)CCC3(CC(=O)O)CCN(CCNc4c(F)cc(F)cc4F)CC3)c2c1. The van der Waals surface area contributed by atoms with E-state index in [1.165, 1.54) is 0 Å². The third-order valence-electron chi connectivity index (χ3n) is 8.00. The minimum atomic E-state index is -1.35. The number of piperidine rings is 1. The number of methoxy groups -OCH3 is 1. The molecule has 1 aliphatic heterocycles. The Labute approximate surface area is 237 Å². The maximum absolute atomic E-state index is 16.1. The van der Waals surface area contributed by atoms with Crippen LogP contribution in [0.25, 0.3) is 10.9 Å². The summed E-state index contributed by atoms with van der Waals surface area (Å²) in [7, 11) is 5.21. The van der Waals surface area contributed by atoms with Gasteiger partial charge in [0.1, 0.15) is 23.4 Å². The second-order valence-electron chi connectivity index (χ2n) is 10.9. The zero-order valence-electron chi connectivity index (χ0n) is 23.5. The number of fused-ring (bicyclic) bond motifs is 1. The van der Waals surface area contributed by atoms with E-state index in [1.54, 1.807) is 31.5 Å². The number of aromatic nitrogens is 1. The maximum atomic E-state index is 16.1. The Kier molecular flexibility index (Phi) is 9.57. The number of rotatable bonds is 12. The first kappa shape index (κ1) is 30.4. The van der Waals surface area contributed by atoms with Gasteiger partial charge in [0.25, 0.3) is 0 Å². The molecule has 1 aliphatic rings. The van der Waals surface area contributed by atoms with Crippen molar-refractivity contribution in [2.45, 2.75) is 38.3 Å². The highest BCUT2D eigenvalue weighted by Crippen LogP contribution is 2.44. The topological polar surface area (TPSA) is 77.9 Å². The average Bonchev–Trinajstić information content (AvgIpc) is 2.92. The molecular weight excluding hydrogens is 540 g/mol. The minimum Gasteiger partial charge on any atom is -0.497 e. The van der Waals surface area contributed by atoms with Gasteiger partial charge in [0.15, 0.2) is 11.6 Å². The molecule has 3 aromatic rings. The minimum absolute atomic E-state index is 0.0662. The van der Waals surface area contributed by atoms with Crippen molar-refractivity contribution in [2.24, 2.45) is 5.41 Å². The summed E-state index contributed by atoms with van der Waals surface area (Å²) in [6.45, 7) is 1.82. The number of aliphatic carboxylic acids is 1. The first-order valence-corrected chi connectivity index (χ1v) is 13.6. The number of ether oxygens (including phenoxy) is 1. The molecule has 222 valence electrons. The summed E-state index contributed by atoms with van der Waals surface area (Å²) in [6, 6.07) is 6.59. The van der Waals surface area contributed by atoms with Crippen LogP contribution in [0.2, 0.25) is 0 Å². The molecule has 2 heterocycles. The summed E-state index contributed by atoms with van der Waals surface area (Å²) in [6.07, 6.45) is 1.88. The predicted molar refractivity (Wildman–Crippen MR) is 151 cm³/mol. The van der Waals surface area contributed by atoms with E-state index >= 15 is 4.39 Å². The second-order valence-corrected chi connectivity index (χ2v) is 10.9. The van der Waals surface area contributed by atoms with Crippen molar-refractivity contribution in [1.82, 2.24) is 9.88 Å². The summed E-state index contributed by atoms with van der Waals surface area (Å²) in [5.74, 6) is -3.31. The first-order valence-electron chi connectivity index (χ1n) is 13.6. The highest BCUT2D eigenvalue weighted by Gasteiger charge is 2.37. The number of carbonyl (C=O) groups is 1. The molecule has 1 saturated heterocycles. The van der Waals surface area contributed by atoms with Gasteiger partial charge in [-0.25, -0.2) is 17.6 Å². The molecule has 0 aliphatic carbocycles. The number of carboxylic acid groups (broad SMARTS) is 1. The van der Waals surface area contributed by atoms with Crippen molar-refractivity contribution in [1.29, 1.82) is 0 Å². The lowest BCUT2D eigenvalue weighted by atomic mass is 9.71. The van der Waals surface area contributed by atoms with E-state index in [1.807, 2.05) is 19.0 Å². The smallest absolute Gasteiger partial charge is 0.303 e. The summed E-state index contributed by atoms with van der Waals surface area (Å²) in [5.41, 5.74) is 0.858. The molecule has 4 rings (SSSR count). The van der Waals surface area contributed by atoms with Gasteiger partial charge in [0, 0.05) is 50.3 Å². The van der Waals surface area contributed by atoms with Gasteiger partial charge in [-0.1, -0.05) is 0 Å². The molecule has 1 fully saturated rings. The third kappa shape index (κ3) is 7.19. The lowest BCUT2D eigenvalue weighted by Gasteiger charge is -2.41. The second kappa shape index (κ2) is 12.9. The standard InChI is InChI=1S/C30H36F4N4O3/c1-37(2)26-18-36-25-5-4-20(41-3)16-21(25)28(26)22(32)6-7-30(17-27(39)40)8-11-38(12-9-30)13-10-35-29-23(33)14-19(31)15-24(29)34/h4-5,14-16,18,22,35H,6-13,17H2,1-3H3,(H,39,40)/t22-/m0/s1. The van der Waals surface area contributed by atoms with Crippen molar-refractivity contribution in [3.8, 4) is 5.75 Å². The molecule has 0 bridgehead atoms. The van der Waals surface area contributed by atoms with E-state index in [-0.39, 0.29) is 25.1 Å². The summed E-state index contributed by atoms with van der Waals surface area (Å²) in [5, 5.41) is 13.0. The number of pyridine rings is 1. The molecule has 1 aromatic heterocycles. The molecule has 1 atom stereocenters. The van der Waals surface area contributed by atoms with Crippen molar-refractivity contribution in [3.63, 3.8) is 0 Å². The Balaban J connectivity index is 1.43. The van der Waals surface area contributed by atoms with E-state index < -0.39 is 35.0 Å². The lowest BCUT2D eigenvalue weighted by molar-refractivity contribution is -0.141. The van der Waals surface area contributed by atoms with Crippen LogP contribution in [0.15, 0.2) is 36.5 Å². The summed E-state index contributed by atoms with van der Waals surface area (Å²) < 4.78 is 62.5. The Hall–Kier alpha value is -3.60. The number of benzene rings is 2. The van der Waals surface area contributed by atoms with Gasteiger partial charge in [0.2, 0.25) is 0 Å². The molecule has 0 saturated carbocycles. The van der Waals surface area contributed by atoms with Gasteiger partial charge in [0.05, 0.1) is 30.9 Å². The number of nitrogens with zero attached hydrogens (tertiary/aromatic N) is 3. The maximum Gasteiger partial charge on any atom is 0.303 e. The van der Waals surface area contributed by atoms with E-state index in [4.69, 9.17) is 4.74 Å². The van der Waals surface area contributed by atoms with Crippen LogP contribution in [0.3, 0.4) is 0 Å². The Morgan fingerprint density at radius 3 is 2.46 bits per heavy atom. The Morgan fingerprint density at radius 1 is 1.17 bits per heavy atom. The quantitative estimate of drug-likeness (QED) is 0.249. The van der Waals surface area contributed by atoms with Crippen molar-refractivity contribution >= 4 is 28.2 Å². The summed E-state index contributed by atoms with van der Waals surface area (Å²) >= 11 is 0. The van der Waals surface area contributed by atoms with Gasteiger partial charge in [-0.15, -0.1) is 0 Å². The molecule has 0 radical (unpaired) electrons. The number of carboxylic acids is 1. The van der Waals surface area contributed by atoms with Gasteiger partial charge in [-0.2, -0.15) is 0 Å². The van der Waals surface area contributed by atoms with Crippen LogP contribution >= 0.6 is 0 Å². The van der Waals surface area contributed by atoms with Crippen LogP contribution in [0, 0.1) is 22.9 Å². The normalized spacial score (nSPS) is 16.0. The van der Waals surface area contributed by atoms with Crippen molar-refractivity contribution < 1.29 is 32.2 Å². The largest absolute Gasteiger partial charge is 0.497 e. The predicted octanol–water partition coefficient (Wildman–Crippen LogP) is 6.19. The number of likely N-dealkylation sites (tertiary alicyclic amines) is 1. The third-order valence-corrected chi connectivity index (χ3v) is 8.00. The van der Waals surface area contributed by atoms with E-state index in [2.05, 4.69) is 15.2 Å². The lowest BCUT2D eigenvalue weighted by Crippen LogP contribution is -2.43. The van der Waals surface area contributed by atoms with Gasteiger partial charge >= 0.3 is 5.97 Å².